The van der Waals surface area contributed by atoms with Gasteiger partial charge in [0.2, 0.25) is 5.91 Å². The average Bonchev–Trinajstić information content (AvgIpc) is 2.66. The molecule has 2 rings (SSSR count). The van der Waals surface area contributed by atoms with Gasteiger partial charge >= 0.3 is 0 Å². The zero-order valence-electron chi connectivity index (χ0n) is 9.52. The van der Waals surface area contributed by atoms with E-state index in [1.54, 1.807) is 6.07 Å². The second-order valence-electron chi connectivity index (χ2n) is 3.59. The lowest BCUT2D eigenvalue weighted by molar-refractivity contribution is 0.0994. The van der Waals surface area contributed by atoms with Crippen molar-refractivity contribution in [2.75, 3.05) is 12.8 Å². The van der Waals surface area contributed by atoms with Crippen molar-refractivity contribution < 1.29 is 14.3 Å². The van der Waals surface area contributed by atoms with E-state index >= 15 is 0 Å². The van der Waals surface area contributed by atoms with Gasteiger partial charge in [-0.3, -0.25) is 9.59 Å². The highest BCUT2D eigenvalue weighted by Gasteiger charge is 2.21. The van der Waals surface area contributed by atoms with Crippen LogP contribution in [0.5, 0.6) is 5.75 Å². The molecule has 0 bridgehead atoms. The van der Waals surface area contributed by atoms with Gasteiger partial charge in [0, 0.05) is 0 Å². The van der Waals surface area contributed by atoms with E-state index in [1.165, 1.54) is 13.2 Å². The van der Waals surface area contributed by atoms with Gasteiger partial charge in [0.1, 0.15) is 10.6 Å². The molecule has 2 aromatic rings. The summed E-state index contributed by atoms with van der Waals surface area (Å²) in [5, 5.41) is 0.493. The molecule has 0 aliphatic rings. The number of fused-ring (bicyclic) bond motifs is 1. The maximum atomic E-state index is 11.3. The average molecular weight is 265 g/mol. The molecule has 18 heavy (non-hydrogen) atoms. The lowest BCUT2D eigenvalue weighted by Crippen LogP contribution is -2.10. The van der Waals surface area contributed by atoms with Crippen molar-refractivity contribution in [2.24, 2.45) is 11.5 Å². The molecule has 0 aliphatic heterocycles. The largest absolute Gasteiger partial charge is 0.496 e. The first-order valence-corrected chi connectivity index (χ1v) is 5.77. The van der Waals surface area contributed by atoms with Gasteiger partial charge in [-0.1, -0.05) is 0 Å². The molecule has 0 saturated carbocycles. The van der Waals surface area contributed by atoms with Crippen molar-refractivity contribution in [1.29, 1.82) is 0 Å². The Balaban J connectivity index is 2.92. The van der Waals surface area contributed by atoms with Crippen molar-refractivity contribution in [3.8, 4) is 5.75 Å². The Morgan fingerprint density at radius 1 is 1.22 bits per heavy atom. The summed E-state index contributed by atoms with van der Waals surface area (Å²) in [6.07, 6.45) is 0. The number of hydrogen-bond donors (Lipinski definition) is 3. The second kappa shape index (κ2) is 4.19. The van der Waals surface area contributed by atoms with Crippen molar-refractivity contribution in [2.45, 2.75) is 0 Å². The number of ether oxygens (including phenoxy) is 1. The van der Waals surface area contributed by atoms with Crippen molar-refractivity contribution >= 4 is 38.9 Å². The first kappa shape index (κ1) is 12.2. The number of carbonyl (C=O) groups excluding carboxylic acids is 2. The van der Waals surface area contributed by atoms with E-state index < -0.39 is 11.8 Å². The number of nitrogen functional groups attached to an aromatic ring is 1. The minimum absolute atomic E-state index is 0.192. The summed E-state index contributed by atoms with van der Waals surface area (Å²) >= 11 is 1.04. The van der Waals surface area contributed by atoms with Crippen LogP contribution < -0.4 is 21.9 Å². The third kappa shape index (κ3) is 1.65. The highest BCUT2D eigenvalue weighted by atomic mass is 32.1. The van der Waals surface area contributed by atoms with Crippen LogP contribution in [0.15, 0.2) is 12.1 Å². The summed E-state index contributed by atoms with van der Waals surface area (Å²) in [6, 6.07) is 3.11. The smallest absolute Gasteiger partial charge is 0.260 e. The predicted octanol–water partition coefficient (Wildman–Crippen LogP) is 0.690. The molecule has 1 heterocycles. The van der Waals surface area contributed by atoms with Gasteiger partial charge in [-0.15, -0.1) is 11.3 Å². The molecule has 0 aliphatic carbocycles. The number of rotatable bonds is 3. The van der Waals surface area contributed by atoms with Gasteiger partial charge in [0.15, 0.2) is 0 Å². The number of nitrogens with two attached hydrogens (primary N) is 3. The molecule has 0 atom stereocenters. The Kier molecular flexibility index (Phi) is 2.84. The summed E-state index contributed by atoms with van der Waals surface area (Å²) in [5.74, 6) is -0.776. The van der Waals surface area contributed by atoms with E-state index in [1.807, 2.05) is 0 Å². The van der Waals surface area contributed by atoms with Gasteiger partial charge in [-0.25, -0.2) is 0 Å². The van der Waals surface area contributed by atoms with Crippen LogP contribution in [0.1, 0.15) is 20.0 Å². The molecule has 0 unspecified atom stereocenters. The maximum absolute atomic E-state index is 11.3. The van der Waals surface area contributed by atoms with Crippen LogP contribution in [0.4, 0.5) is 5.69 Å². The van der Waals surface area contributed by atoms with E-state index in [0.29, 0.717) is 15.8 Å². The van der Waals surface area contributed by atoms with E-state index in [0.717, 1.165) is 11.3 Å². The molecular weight excluding hydrogens is 254 g/mol. The molecule has 0 saturated heterocycles. The minimum atomic E-state index is -0.647. The molecule has 2 amide bonds. The lowest BCUT2D eigenvalue weighted by Gasteiger charge is -2.05. The summed E-state index contributed by atoms with van der Waals surface area (Å²) in [7, 11) is 1.47. The molecule has 1 aromatic heterocycles. The highest BCUT2D eigenvalue weighted by molar-refractivity contribution is 7.22. The standard InChI is InChI=1S/C11H11N3O3S/c1-17-5-3-2-4(10(13)15)8-6(5)7(12)9(18-8)11(14)16/h2-3H,12H2,1H3,(H2,13,15)(H2,14,16). The molecule has 94 valence electrons. The Hall–Kier alpha value is -2.28. The normalized spacial score (nSPS) is 10.5. The SMILES string of the molecule is COc1ccc(C(N)=O)c2sc(C(N)=O)c(N)c12. The van der Waals surface area contributed by atoms with Crippen LogP contribution in [0.2, 0.25) is 0 Å². The number of thiophene rings is 1. The van der Waals surface area contributed by atoms with E-state index in [-0.39, 0.29) is 16.1 Å². The number of methoxy groups -OCH3 is 1. The number of anilines is 1. The summed E-state index contributed by atoms with van der Waals surface area (Å²) in [6.45, 7) is 0. The predicted molar refractivity (Wildman–Crippen MR) is 69.8 cm³/mol. The topological polar surface area (TPSA) is 121 Å². The second-order valence-corrected chi connectivity index (χ2v) is 4.61. The molecule has 7 heteroatoms. The van der Waals surface area contributed by atoms with Gasteiger partial charge < -0.3 is 21.9 Å². The van der Waals surface area contributed by atoms with Crippen molar-refractivity contribution in [3.05, 3.63) is 22.6 Å². The molecular formula is C11H11N3O3S. The molecule has 0 spiro atoms. The Bertz CT molecular complexity index is 663. The van der Waals surface area contributed by atoms with Gasteiger partial charge in [-0.2, -0.15) is 0 Å². The highest BCUT2D eigenvalue weighted by Crippen LogP contribution is 2.41. The Labute approximate surface area is 106 Å². The zero-order valence-corrected chi connectivity index (χ0v) is 10.3. The number of amides is 2. The molecule has 0 radical (unpaired) electrons. The van der Waals surface area contributed by atoms with Crippen LogP contribution in [0.3, 0.4) is 0 Å². The fourth-order valence-electron chi connectivity index (χ4n) is 1.74. The summed E-state index contributed by atoms with van der Waals surface area (Å²) < 4.78 is 5.67. The first-order valence-electron chi connectivity index (χ1n) is 4.96. The zero-order chi connectivity index (χ0) is 13.4. The van der Waals surface area contributed by atoms with E-state index in [2.05, 4.69) is 0 Å². The van der Waals surface area contributed by atoms with Crippen LogP contribution in [-0.2, 0) is 0 Å². The van der Waals surface area contributed by atoms with Crippen molar-refractivity contribution in [1.82, 2.24) is 0 Å². The third-order valence-electron chi connectivity index (χ3n) is 2.55. The molecule has 1 aromatic carbocycles. The number of primary amides is 2. The first-order chi connectivity index (χ1) is 8.47. The Morgan fingerprint density at radius 2 is 1.89 bits per heavy atom. The summed E-state index contributed by atoms with van der Waals surface area (Å²) in [5.41, 5.74) is 16.9. The quantitative estimate of drug-likeness (QED) is 0.755. The maximum Gasteiger partial charge on any atom is 0.260 e. The number of benzene rings is 1. The molecule has 0 fully saturated rings. The van der Waals surface area contributed by atoms with Gasteiger partial charge in [0.05, 0.1) is 28.4 Å². The minimum Gasteiger partial charge on any atom is -0.496 e. The van der Waals surface area contributed by atoms with Crippen LogP contribution >= 0.6 is 11.3 Å². The third-order valence-corrected chi connectivity index (χ3v) is 3.80. The van der Waals surface area contributed by atoms with Gasteiger partial charge in [-0.05, 0) is 12.1 Å². The lowest BCUT2D eigenvalue weighted by atomic mass is 10.1. The van der Waals surface area contributed by atoms with E-state index in [4.69, 9.17) is 21.9 Å². The van der Waals surface area contributed by atoms with E-state index in [9.17, 15) is 9.59 Å². The van der Waals surface area contributed by atoms with Gasteiger partial charge in [0.25, 0.3) is 5.91 Å². The monoisotopic (exact) mass is 265 g/mol. The van der Waals surface area contributed by atoms with Crippen molar-refractivity contribution in [3.63, 3.8) is 0 Å². The number of carbonyl (C=O) groups is 2. The van der Waals surface area contributed by atoms with Crippen LogP contribution in [-0.4, -0.2) is 18.9 Å². The summed E-state index contributed by atoms with van der Waals surface area (Å²) in [4.78, 5) is 22.8. The number of hydrogen-bond acceptors (Lipinski definition) is 5. The molecule has 6 N–H and O–H groups in total. The fraction of sp³-hybridized carbons (Fsp3) is 0.0909. The fourth-order valence-corrected chi connectivity index (χ4v) is 2.85. The molecule has 6 nitrogen and oxygen atoms in total. The Morgan fingerprint density at radius 3 is 2.39 bits per heavy atom. The van der Waals surface area contributed by atoms with Crippen LogP contribution in [0.25, 0.3) is 10.1 Å². The van der Waals surface area contributed by atoms with Crippen LogP contribution in [0, 0.1) is 0 Å².